The van der Waals surface area contributed by atoms with Gasteiger partial charge < -0.3 is 19.9 Å². The molecule has 5 unspecified atom stereocenters. The summed E-state index contributed by atoms with van der Waals surface area (Å²) in [6.45, 7) is 4.21. The number of benzene rings is 5. The van der Waals surface area contributed by atoms with Crippen LogP contribution in [0.5, 0.6) is 0 Å². The Morgan fingerprint density at radius 3 is 2.21 bits per heavy atom. The molecule has 0 aliphatic carbocycles. The van der Waals surface area contributed by atoms with Crippen LogP contribution >= 0.6 is 11.8 Å². The number of ether oxygens (including phenoxy) is 2. The number of aryl methyl sites for hydroxylation is 1. The molecule has 58 heavy (non-hydrogen) atoms. The Hall–Kier alpha value is -5.14. The van der Waals surface area contributed by atoms with E-state index in [-0.39, 0.29) is 42.6 Å². The van der Waals surface area contributed by atoms with E-state index >= 15 is 0 Å². The van der Waals surface area contributed by atoms with Crippen LogP contribution in [0, 0.1) is 12.8 Å². The van der Waals surface area contributed by atoms with Crippen LogP contribution in [0.2, 0.25) is 0 Å². The molecule has 2 heterocycles. The SMILES string of the molecule is Cc1ccc(S(=O)(=O)NC(Cc2ccccc2)C(=O)NCc2cccc(-c3cccc(C4OC(CSc5ccccn5)C(C)C(c5ccc(CO)cc5)O4)c3)c2)cc1. The normalized spacial score (nSPS) is 18.7. The first-order valence-electron chi connectivity index (χ1n) is 19.3. The number of amides is 1. The molecule has 6 aromatic rings. The molecule has 1 fully saturated rings. The highest BCUT2D eigenvalue weighted by Crippen LogP contribution is 2.43. The van der Waals surface area contributed by atoms with E-state index in [9.17, 15) is 18.3 Å². The number of sulfonamides is 1. The fourth-order valence-electron chi connectivity index (χ4n) is 6.96. The molecule has 5 aromatic carbocycles. The van der Waals surface area contributed by atoms with E-state index in [4.69, 9.17) is 9.47 Å². The maximum Gasteiger partial charge on any atom is 0.241 e. The molecule has 5 atom stereocenters. The maximum atomic E-state index is 13.7. The highest BCUT2D eigenvalue weighted by atomic mass is 32.2. The molecule has 9 nitrogen and oxygen atoms in total. The summed E-state index contributed by atoms with van der Waals surface area (Å²) in [5.74, 6) is 0.299. The quantitative estimate of drug-likeness (QED) is 0.0884. The van der Waals surface area contributed by atoms with Crippen molar-refractivity contribution >= 4 is 27.7 Å². The third-order valence-electron chi connectivity index (χ3n) is 10.3. The molecule has 0 saturated carbocycles. The van der Waals surface area contributed by atoms with Crippen molar-refractivity contribution in [2.24, 2.45) is 5.92 Å². The molecule has 1 amide bonds. The smallest absolute Gasteiger partial charge is 0.241 e. The fourth-order valence-corrected chi connectivity index (χ4v) is 9.18. The second-order valence-corrected chi connectivity index (χ2v) is 17.3. The van der Waals surface area contributed by atoms with Gasteiger partial charge in [0.2, 0.25) is 15.9 Å². The lowest BCUT2D eigenvalue weighted by Crippen LogP contribution is -2.47. The number of hydrogen-bond donors (Lipinski definition) is 3. The van der Waals surface area contributed by atoms with Crippen LogP contribution in [0.15, 0.2) is 162 Å². The monoisotopic (exact) mass is 813 g/mol. The Balaban J connectivity index is 1.08. The maximum absolute atomic E-state index is 13.7. The Morgan fingerprint density at radius 1 is 0.776 bits per heavy atom. The summed E-state index contributed by atoms with van der Waals surface area (Å²) in [5.41, 5.74) is 7.25. The van der Waals surface area contributed by atoms with Crippen LogP contribution in [-0.4, -0.2) is 42.3 Å². The third kappa shape index (κ3) is 10.5. The van der Waals surface area contributed by atoms with Gasteiger partial charge in [-0.15, -0.1) is 11.8 Å². The van der Waals surface area contributed by atoms with Gasteiger partial charge in [0.15, 0.2) is 6.29 Å². The summed E-state index contributed by atoms with van der Waals surface area (Å²) in [7, 11) is -3.97. The zero-order valence-corrected chi connectivity index (χ0v) is 34.0. The van der Waals surface area contributed by atoms with Crippen LogP contribution in [0.1, 0.15) is 52.7 Å². The largest absolute Gasteiger partial charge is 0.392 e. The van der Waals surface area contributed by atoms with Crippen molar-refractivity contribution in [1.82, 2.24) is 15.0 Å². The molecule has 0 spiro atoms. The average Bonchev–Trinajstić information content (AvgIpc) is 3.26. The summed E-state index contributed by atoms with van der Waals surface area (Å²) < 4.78 is 42.9. The zero-order chi connectivity index (χ0) is 40.5. The van der Waals surface area contributed by atoms with Gasteiger partial charge in [0.1, 0.15) is 6.04 Å². The molecule has 3 N–H and O–H groups in total. The number of pyridine rings is 1. The lowest BCUT2D eigenvalue weighted by molar-refractivity contribution is -0.268. The minimum Gasteiger partial charge on any atom is -0.392 e. The van der Waals surface area contributed by atoms with Crippen LogP contribution in [-0.2, 0) is 43.9 Å². The molecule has 1 aromatic heterocycles. The predicted octanol–water partition coefficient (Wildman–Crippen LogP) is 8.34. The van der Waals surface area contributed by atoms with Crippen molar-refractivity contribution in [3.05, 3.63) is 185 Å². The number of aliphatic hydroxyl groups excluding tert-OH is 1. The standard InChI is InChI=1S/C47H47N3O6S2/c1-32-17-23-41(24-18-32)58(53,54)50-42(27-34-10-4-3-5-11-34)46(52)49-29-36-12-8-13-38(26-36)39-14-9-15-40(28-39)47-55-43(31-57-44-16-6-7-25-48-44)33(2)45(56-47)37-21-19-35(30-51)20-22-37/h3-26,28,33,42-43,45,47,50-51H,27,29-31H2,1-2H3,(H,49,52). The summed E-state index contributed by atoms with van der Waals surface area (Å²) in [6, 6.07) is 44.6. The van der Waals surface area contributed by atoms with Crippen LogP contribution < -0.4 is 10.0 Å². The summed E-state index contributed by atoms with van der Waals surface area (Å²) >= 11 is 1.65. The number of carbonyl (C=O) groups is 1. The number of thioether (sulfide) groups is 1. The van der Waals surface area contributed by atoms with Crippen molar-refractivity contribution in [1.29, 1.82) is 0 Å². The lowest BCUT2D eigenvalue weighted by Gasteiger charge is -2.41. The Labute approximate surface area is 344 Å². The van der Waals surface area contributed by atoms with Crippen LogP contribution in [0.25, 0.3) is 11.1 Å². The van der Waals surface area contributed by atoms with Crippen molar-refractivity contribution < 1.29 is 27.8 Å². The van der Waals surface area contributed by atoms with Gasteiger partial charge in [0.25, 0.3) is 0 Å². The van der Waals surface area contributed by atoms with Crippen molar-refractivity contribution in [3.63, 3.8) is 0 Å². The number of nitrogens with one attached hydrogen (secondary N) is 2. The van der Waals surface area contributed by atoms with E-state index in [1.807, 2.05) is 122 Å². The first-order valence-corrected chi connectivity index (χ1v) is 21.8. The van der Waals surface area contributed by atoms with Crippen LogP contribution in [0.4, 0.5) is 0 Å². The predicted molar refractivity (Wildman–Crippen MR) is 227 cm³/mol. The van der Waals surface area contributed by atoms with Crippen molar-refractivity contribution in [3.8, 4) is 11.1 Å². The fraction of sp³-hybridized carbons (Fsp3) is 0.234. The van der Waals surface area contributed by atoms with Gasteiger partial charge >= 0.3 is 0 Å². The average molecular weight is 814 g/mol. The van der Waals surface area contributed by atoms with E-state index in [1.54, 1.807) is 42.2 Å². The Kier molecular flexibility index (Phi) is 13.5. The first-order chi connectivity index (χ1) is 28.1. The summed E-state index contributed by atoms with van der Waals surface area (Å²) in [6.07, 6.45) is 0.950. The van der Waals surface area contributed by atoms with Gasteiger partial charge in [-0.25, -0.2) is 13.4 Å². The second kappa shape index (κ2) is 19.1. The van der Waals surface area contributed by atoms with Crippen molar-refractivity contribution in [2.75, 3.05) is 5.75 Å². The van der Waals surface area contributed by atoms with Crippen molar-refractivity contribution in [2.45, 2.75) is 67.9 Å². The topological polar surface area (TPSA) is 127 Å². The molecular formula is C47H47N3O6S2. The number of nitrogens with zero attached hydrogens (tertiary/aromatic N) is 1. The number of aliphatic hydroxyl groups is 1. The second-order valence-electron chi connectivity index (χ2n) is 14.5. The molecule has 0 radical (unpaired) electrons. The highest BCUT2D eigenvalue weighted by molar-refractivity contribution is 7.99. The Bertz CT molecular complexity index is 2380. The third-order valence-corrected chi connectivity index (χ3v) is 12.8. The molecule has 298 valence electrons. The lowest BCUT2D eigenvalue weighted by atomic mass is 9.91. The van der Waals surface area contributed by atoms with Gasteiger partial charge in [-0.2, -0.15) is 4.72 Å². The van der Waals surface area contributed by atoms with Gasteiger partial charge in [-0.3, -0.25) is 4.79 Å². The number of carbonyl (C=O) groups excluding carboxylic acids is 1. The summed E-state index contributed by atoms with van der Waals surface area (Å²) in [5, 5.41) is 13.6. The first kappa shape index (κ1) is 41.0. The highest BCUT2D eigenvalue weighted by Gasteiger charge is 2.38. The Morgan fingerprint density at radius 2 is 1.48 bits per heavy atom. The molecule has 11 heteroatoms. The molecular weight excluding hydrogens is 767 g/mol. The van der Waals surface area contributed by atoms with Crippen LogP contribution in [0.3, 0.4) is 0 Å². The number of aromatic nitrogens is 1. The molecule has 0 bridgehead atoms. The van der Waals surface area contributed by atoms with Gasteiger partial charge in [-0.05, 0) is 83.1 Å². The van der Waals surface area contributed by atoms with E-state index in [2.05, 4.69) is 28.0 Å². The van der Waals surface area contributed by atoms with E-state index in [0.29, 0.717) is 5.75 Å². The number of rotatable bonds is 15. The minimum absolute atomic E-state index is 0.0261. The summed E-state index contributed by atoms with van der Waals surface area (Å²) in [4.78, 5) is 18.3. The number of hydrogen-bond acceptors (Lipinski definition) is 8. The minimum atomic E-state index is -3.97. The zero-order valence-electron chi connectivity index (χ0n) is 32.4. The van der Waals surface area contributed by atoms with Gasteiger partial charge in [0, 0.05) is 30.0 Å². The van der Waals surface area contributed by atoms with E-state index in [1.165, 1.54) is 0 Å². The van der Waals surface area contributed by atoms with E-state index in [0.717, 1.165) is 49.5 Å². The van der Waals surface area contributed by atoms with Gasteiger partial charge in [0.05, 0.1) is 28.7 Å². The van der Waals surface area contributed by atoms with Gasteiger partial charge in [-0.1, -0.05) is 122 Å². The molecule has 1 aliphatic rings. The molecule has 1 aliphatic heterocycles. The van der Waals surface area contributed by atoms with E-state index < -0.39 is 28.3 Å². The molecule has 7 rings (SSSR count). The molecule has 1 saturated heterocycles.